The Hall–Kier alpha value is -1.20. The molecule has 0 N–H and O–H groups in total. The maximum Gasteiger partial charge on any atom is 0.253 e. The lowest BCUT2D eigenvalue weighted by atomic mass is 10.2. The van der Waals surface area contributed by atoms with Crippen molar-refractivity contribution >= 4 is 17.5 Å². The van der Waals surface area contributed by atoms with Crippen LogP contribution >= 0.6 is 11.6 Å². The number of hydrogen-bond acceptors (Lipinski definition) is 2. The van der Waals surface area contributed by atoms with Crippen molar-refractivity contribution in [2.45, 2.75) is 6.43 Å². The quantitative estimate of drug-likeness (QED) is 0.852. The Balaban J connectivity index is 1.90. The van der Waals surface area contributed by atoms with Crippen molar-refractivity contribution in [3.63, 3.8) is 0 Å². The number of carbonyl (C=O) groups is 1. The number of carbonyl (C=O) groups excluding carboxylic acids is 1. The molecule has 104 valence electrons. The minimum Gasteiger partial charge on any atom is -0.336 e. The van der Waals surface area contributed by atoms with E-state index in [9.17, 15) is 13.6 Å². The standard InChI is InChI=1S/C13H15ClF2N2O/c14-11-3-1-10(2-4-11)13(19)18-7-5-17(6-8-18)9-12(15)16/h1-4,12H,5-9H2. The van der Waals surface area contributed by atoms with Crippen LogP contribution in [-0.2, 0) is 0 Å². The lowest BCUT2D eigenvalue weighted by Gasteiger charge is -2.34. The highest BCUT2D eigenvalue weighted by Gasteiger charge is 2.23. The summed E-state index contributed by atoms with van der Waals surface area (Å²) in [4.78, 5) is 15.5. The molecule has 0 aromatic heterocycles. The molecular weight excluding hydrogens is 274 g/mol. The van der Waals surface area contributed by atoms with Gasteiger partial charge in [0.25, 0.3) is 12.3 Å². The van der Waals surface area contributed by atoms with Crippen molar-refractivity contribution in [2.75, 3.05) is 32.7 Å². The molecule has 0 saturated carbocycles. The number of nitrogens with zero attached hydrogens (tertiary/aromatic N) is 2. The molecule has 0 radical (unpaired) electrons. The summed E-state index contributed by atoms with van der Waals surface area (Å²) in [5.74, 6) is -0.0756. The van der Waals surface area contributed by atoms with Crippen molar-refractivity contribution in [1.29, 1.82) is 0 Å². The first-order chi connectivity index (χ1) is 9.06. The minimum absolute atomic E-state index is 0.0756. The van der Waals surface area contributed by atoms with Gasteiger partial charge in [-0.2, -0.15) is 0 Å². The Morgan fingerprint density at radius 1 is 1.16 bits per heavy atom. The molecule has 3 nitrogen and oxygen atoms in total. The van der Waals surface area contributed by atoms with E-state index < -0.39 is 6.43 Å². The normalized spacial score (nSPS) is 16.9. The summed E-state index contributed by atoms with van der Waals surface area (Å²) in [5, 5.41) is 0.582. The molecule has 0 bridgehead atoms. The molecule has 2 rings (SSSR count). The van der Waals surface area contributed by atoms with Crippen molar-refractivity contribution in [2.24, 2.45) is 0 Å². The van der Waals surface area contributed by atoms with Crippen LogP contribution in [0.25, 0.3) is 0 Å². The largest absolute Gasteiger partial charge is 0.336 e. The first kappa shape index (κ1) is 14.2. The van der Waals surface area contributed by atoms with Gasteiger partial charge in [0.2, 0.25) is 0 Å². The number of rotatable bonds is 3. The molecule has 0 unspecified atom stereocenters. The van der Waals surface area contributed by atoms with Gasteiger partial charge in [-0.15, -0.1) is 0 Å². The zero-order chi connectivity index (χ0) is 13.8. The summed E-state index contributed by atoms with van der Waals surface area (Å²) in [6.45, 7) is 1.72. The summed E-state index contributed by atoms with van der Waals surface area (Å²) >= 11 is 5.77. The summed E-state index contributed by atoms with van der Waals surface area (Å²) in [6, 6.07) is 6.69. The van der Waals surface area contributed by atoms with Crippen LogP contribution in [0.2, 0.25) is 5.02 Å². The van der Waals surface area contributed by atoms with Gasteiger partial charge in [-0.3, -0.25) is 9.69 Å². The molecule has 1 aliphatic heterocycles. The van der Waals surface area contributed by atoms with Gasteiger partial charge in [0, 0.05) is 36.8 Å². The Labute approximate surface area is 115 Å². The lowest BCUT2D eigenvalue weighted by molar-refractivity contribution is 0.0459. The molecule has 1 amide bonds. The lowest BCUT2D eigenvalue weighted by Crippen LogP contribution is -2.49. The van der Waals surface area contributed by atoms with Gasteiger partial charge in [0.1, 0.15) is 0 Å². The second-order valence-corrected chi connectivity index (χ2v) is 4.93. The van der Waals surface area contributed by atoms with E-state index in [4.69, 9.17) is 11.6 Å². The first-order valence-corrected chi connectivity index (χ1v) is 6.49. The number of halogens is 3. The van der Waals surface area contributed by atoms with Gasteiger partial charge in [0.05, 0.1) is 6.54 Å². The third kappa shape index (κ3) is 3.88. The van der Waals surface area contributed by atoms with Crippen molar-refractivity contribution < 1.29 is 13.6 Å². The summed E-state index contributed by atoms with van der Waals surface area (Å²) in [7, 11) is 0. The molecule has 1 aliphatic rings. The van der Waals surface area contributed by atoms with E-state index in [0.717, 1.165) is 0 Å². The Kier molecular flexibility index (Phi) is 4.71. The fraction of sp³-hybridized carbons (Fsp3) is 0.462. The molecule has 19 heavy (non-hydrogen) atoms. The monoisotopic (exact) mass is 288 g/mol. The van der Waals surface area contributed by atoms with Crippen molar-refractivity contribution in [3.05, 3.63) is 34.9 Å². The predicted molar refractivity (Wildman–Crippen MR) is 69.8 cm³/mol. The molecule has 1 aromatic carbocycles. The molecule has 0 spiro atoms. The van der Waals surface area contributed by atoms with Crippen LogP contribution in [0.3, 0.4) is 0 Å². The maximum absolute atomic E-state index is 12.2. The first-order valence-electron chi connectivity index (χ1n) is 6.11. The summed E-state index contributed by atoms with van der Waals surface area (Å²) in [5.41, 5.74) is 0.576. The molecule has 0 atom stereocenters. The van der Waals surface area contributed by atoms with E-state index in [1.807, 2.05) is 0 Å². The van der Waals surface area contributed by atoms with Crippen LogP contribution < -0.4 is 0 Å². The van der Waals surface area contributed by atoms with E-state index >= 15 is 0 Å². The van der Waals surface area contributed by atoms with Crippen LogP contribution in [0.4, 0.5) is 8.78 Å². The molecular formula is C13H15ClF2N2O. The second kappa shape index (κ2) is 6.30. The third-order valence-corrected chi connectivity index (χ3v) is 3.40. The number of hydrogen-bond donors (Lipinski definition) is 0. The fourth-order valence-corrected chi connectivity index (χ4v) is 2.23. The fourth-order valence-electron chi connectivity index (χ4n) is 2.10. The molecule has 1 fully saturated rings. The smallest absolute Gasteiger partial charge is 0.253 e. The van der Waals surface area contributed by atoms with E-state index in [0.29, 0.717) is 36.8 Å². The summed E-state index contributed by atoms with van der Waals surface area (Å²) in [6.07, 6.45) is -2.32. The second-order valence-electron chi connectivity index (χ2n) is 4.49. The third-order valence-electron chi connectivity index (χ3n) is 3.15. The maximum atomic E-state index is 12.2. The van der Waals surface area contributed by atoms with Gasteiger partial charge in [-0.05, 0) is 24.3 Å². The Morgan fingerprint density at radius 2 is 1.74 bits per heavy atom. The number of alkyl halides is 2. The van der Waals surface area contributed by atoms with E-state index in [1.54, 1.807) is 34.1 Å². The molecule has 1 aromatic rings. The van der Waals surface area contributed by atoms with Crippen LogP contribution in [0, 0.1) is 0 Å². The Morgan fingerprint density at radius 3 is 2.26 bits per heavy atom. The average Bonchev–Trinajstić information content (AvgIpc) is 2.39. The number of benzene rings is 1. The van der Waals surface area contributed by atoms with Gasteiger partial charge in [0.15, 0.2) is 0 Å². The van der Waals surface area contributed by atoms with Gasteiger partial charge < -0.3 is 4.90 Å². The molecule has 1 saturated heterocycles. The number of piperazine rings is 1. The number of amides is 1. The van der Waals surface area contributed by atoms with Crippen LogP contribution in [0.15, 0.2) is 24.3 Å². The molecule has 6 heteroatoms. The van der Waals surface area contributed by atoms with Crippen molar-refractivity contribution in [3.8, 4) is 0 Å². The average molecular weight is 289 g/mol. The summed E-state index contributed by atoms with van der Waals surface area (Å²) < 4.78 is 24.5. The van der Waals surface area contributed by atoms with Crippen LogP contribution in [0.5, 0.6) is 0 Å². The van der Waals surface area contributed by atoms with Gasteiger partial charge >= 0.3 is 0 Å². The molecule has 1 heterocycles. The highest BCUT2D eigenvalue weighted by molar-refractivity contribution is 6.30. The van der Waals surface area contributed by atoms with E-state index in [-0.39, 0.29) is 12.5 Å². The van der Waals surface area contributed by atoms with E-state index in [1.165, 1.54) is 0 Å². The van der Waals surface area contributed by atoms with Crippen LogP contribution in [0.1, 0.15) is 10.4 Å². The molecule has 0 aliphatic carbocycles. The minimum atomic E-state index is -2.32. The van der Waals surface area contributed by atoms with Gasteiger partial charge in [-0.1, -0.05) is 11.6 Å². The predicted octanol–water partition coefficient (Wildman–Crippen LogP) is 2.36. The van der Waals surface area contributed by atoms with Crippen LogP contribution in [-0.4, -0.2) is 54.9 Å². The zero-order valence-corrected chi connectivity index (χ0v) is 11.1. The van der Waals surface area contributed by atoms with E-state index in [2.05, 4.69) is 0 Å². The highest BCUT2D eigenvalue weighted by Crippen LogP contribution is 2.13. The highest BCUT2D eigenvalue weighted by atomic mass is 35.5. The van der Waals surface area contributed by atoms with Crippen molar-refractivity contribution in [1.82, 2.24) is 9.80 Å². The Bertz CT molecular complexity index is 431. The zero-order valence-electron chi connectivity index (χ0n) is 10.4. The topological polar surface area (TPSA) is 23.6 Å². The SMILES string of the molecule is O=C(c1ccc(Cl)cc1)N1CCN(CC(F)F)CC1. The van der Waals surface area contributed by atoms with Gasteiger partial charge in [-0.25, -0.2) is 8.78 Å².